The Morgan fingerprint density at radius 3 is 2.69 bits per heavy atom. The maximum atomic E-state index is 13.7. The van der Waals surface area contributed by atoms with E-state index in [1.165, 1.54) is 18.4 Å². The monoisotopic (exact) mass is 561 g/mol. The van der Waals surface area contributed by atoms with Crippen molar-refractivity contribution < 1.29 is 9.53 Å². The lowest BCUT2D eigenvalue weighted by Crippen LogP contribution is -2.46. The standard InChI is InChI=1S/C35H39N5O2/c1-23-21-35(14-17-40(2)18-15-35)42-31-13-11-25(19-27(23)31)32-28-20-26(10-12-29(28)37-22-38-32)34(41)39-33(24-7-3-4-8-24)30-9-5-6-16-36-30/h5-6,9-13,16,19-21,24,33,37H,3-4,7-8,14-15,17-18,22H2,1-2H3,(H,39,41)/t33-/m0/s1. The number of aliphatic imine (C=N–C) groups is 1. The van der Waals surface area contributed by atoms with Gasteiger partial charge in [0.25, 0.3) is 5.91 Å². The van der Waals surface area contributed by atoms with Crippen molar-refractivity contribution in [1.82, 2.24) is 15.2 Å². The fraction of sp³-hybridized carbons (Fsp3) is 0.400. The predicted molar refractivity (Wildman–Crippen MR) is 167 cm³/mol. The molecular formula is C35H39N5O2. The number of hydrogen-bond donors (Lipinski definition) is 2. The topological polar surface area (TPSA) is 78.8 Å². The van der Waals surface area contributed by atoms with Crippen molar-refractivity contribution in [1.29, 1.82) is 0 Å². The number of piperidine rings is 1. The van der Waals surface area contributed by atoms with Gasteiger partial charge in [-0.1, -0.05) is 18.9 Å². The molecule has 1 aliphatic carbocycles. The molecule has 3 aliphatic heterocycles. The first-order valence-electron chi connectivity index (χ1n) is 15.3. The minimum Gasteiger partial charge on any atom is -0.482 e. The summed E-state index contributed by atoms with van der Waals surface area (Å²) in [6, 6.07) is 18.1. The van der Waals surface area contributed by atoms with Crippen LogP contribution in [0.2, 0.25) is 0 Å². The molecular weight excluding hydrogens is 522 g/mol. The molecule has 42 heavy (non-hydrogen) atoms. The van der Waals surface area contributed by atoms with Gasteiger partial charge >= 0.3 is 0 Å². The Bertz CT molecular complexity index is 1550. The molecule has 1 spiro atoms. The van der Waals surface area contributed by atoms with Gasteiger partial charge in [0.1, 0.15) is 18.0 Å². The predicted octanol–water partition coefficient (Wildman–Crippen LogP) is 6.22. The number of carbonyl (C=O) groups excluding carboxylic acids is 1. The molecule has 4 aliphatic rings. The lowest BCUT2D eigenvalue weighted by molar-refractivity contribution is 0.0467. The second-order valence-corrected chi connectivity index (χ2v) is 12.4. The first-order chi connectivity index (χ1) is 20.5. The van der Waals surface area contributed by atoms with Crippen molar-refractivity contribution in [2.75, 3.05) is 32.1 Å². The Morgan fingerprint density at radius 1 is 1.07 bits per heavy atom. The van der Waals surface area contributed by atoms with Gasteiger partial charge in [0.15, 0.2) is 0 Å². The highest BCUT2D eigenvalue weighted by Gasteiger charge is 2.37. The highest BCUT2D eigenvalue weighted by atomic mass is 16.5. The number of amides is 1. The van der Waals surface area contributed by atoms with Gasteiger partial charge in [0.05, 0.1) is 17.4 Å². The van der Waals surface area contributed by atoms with Crippen LogP contribution >= 0.6 is 0 Å². The summed E-state index contributed by atoms with van der Waals surface area (Å²) in [5.74, 6) is 1.27. The van der Waals surface area contributed by atoms with Crippen LogP contribution in [0.5, 0.6) is 5.75 Å². The number of anilines is 1. The zero-order chi connectivity index (χ0) is 28.7. The van der Waals surface area contributed by atoms with Gasteiger partial charge < -0.3 is 20.3 Å². The fourth-order valence-electron chi connectivity index (χ4n) is 7.12. The summed E-state index contributed by atoms with van der Waals surface area (Å²) in [5.41, 5.74) is 7.56. The van der Waals surface area contributed by atoms with Crippen LogP contribution in [0.1, 0.15) is 84.2 Å². The third-order valence-corrected chi connectivity index (χ3v) is 9.51. The largest absolute Gasteiger partial charge is 0.482 e. The van der Waals surface area contributed by atoms with E-state index < -0.39 is 0 Å². The highest BCUT2D eigenvalue weighted by Crippen LogP contribution is 2.41. The first-order valence-corrected chi connectivity index (χ1v) is 15.3. The number of likely N-dealkylation sites (tertiary alicyclic amines) is 1. The van der Waals surface area contributed by atoms with E-state index in [2.05, 4.69) is 58.8 Å². The van der Waals surface area contributed by atoms with Gasteiger partial charge in [0.2, 0.25) is 0 Å². The number of fused-ring (bicyclic) bond motifs is 2. The molecule has 7 rings (SSSR count). The minimum absolute atomic E-state index is 0.0775. The van der Waals surface area contributed by atoms with Crippen LogP contribution in [-0.2, 0) is 0 Å². The van der Waals surface area contributed by atoms with Crippen LogP contribution in [0.4, 0.5) is 5.69 Å². The molecule has 1 saturated heterocycles. The van der Waals surface area contributed by atoms with Crippen LogP contribution in [0.15, 0.2) is 71.9 Å². The van der Waals surface area contributed by atoms with Gasteiger partial charge in [-0.15, -0.1) is 0 Å². The second-order valence-electron chi connectivity index (χ2n) is 12.4. The van der Waals surface area contributed by atoms with Crippen molar-refractivity contribution in [3.63, 3.8) is 0 Å². The third-order valence-electron chi connectivity index (χ3n) is 9.51. The number of aromatic nitrogens is 1. The summed E-state index contributed by atoms with van der Waals surface area (Å²) >= 11 is 0. The van der Waals surface area contributed by atoms with Gasteiger partial charge in [-0.25, -0.2) is 0 Å². The maximum Gasteiger partial charge on any atom is 0.251 e. The van der Waals surface area contributed by atoms with Crippen LogP contribution < -0.4 is 15.4 Å². The number of benzene rings is 2. The molecule has 1 saturated carbocycles. The van der Waals surface area contributed by atoms with Crippen molar-refractivity contribution in [3.8, 4) is 5.75 Å². The molecule has 2 N–H and O–H groups in total. The number of ether oxygens (including phenoxy) is 1. The summed E-state index contributed by atoms with van der Waals surface area (Å²) in [6.45, 7) is 4.76. The summed E-state index contributed by atoms with van der Waals surface area (Å²) in [7, 11) is 2.17. The van der Waals surface area contributed by atoms with Gasteiger partial charge in [-0.2, -0.15) is 0 Å². The Labute approximate surface area is 248 Å². The van der Waals surface area contributed by atoms with E-state index in [1.54, 1.807) is 0 Å². The van der Waals surface area contributed by atoms with E-state index in [1.807, 2.05) is 42.6 Å². The molecule has 4 heterocycles. The van der Waals surface area contributed by atoms with Crippen molar-refractivity contribution >= 4 is 22.9 Å². The molecule has 1 amide bonds. The number of nitrogens with zero attached hydrogens (tertiary/aromatic N) is 3. The maximum absolute atomic E-state index is 13.7. The minimum atomic E-state index is -0.210. The Hall–Kier alpha value is -3.97. The van der Waals surface area contributed by atoms with Crippen LogP contribution in [0, 0.1) is 5.92 Å². The Balaban J connectivity index is 1.16. The van der Waals surface area contributed by atoms with Crippen LogP contribution in [0.25, 0.3) is 5.57 Å². The lowest BCUT2D eigenvalue weighted by atomic mass is 9.84. The van der Waals surface area contributed by atoms with E-state index >= 15 is 0 Å². The number of allylic oxidation sites excluding steroid dienone is 1. The van der Waals surface area contributed by atoms with Gasteiger partial charge in [-0.3, -0.25) is 14.8 Å². The number of nitrogens with one attached hydrogen (secondary N) is 2. The quantitative estimate of drug-likeness (QED) is 0.387. The summed E-state index contributed by atoms with van der Waals surface area (Å²) < 4.78 is 6.64. The molecule has 7 nitrogen and oxygen atoms in total. The van der Waals surface area contributed by atoms with E-state index in [9.17, 15) is 4.79 Å². The lowest BCUT2D eigenvalue weighted by Gasteiger charge is -2.42. The SMILES string of the molecule is CC1=CC2(CCN(C)CC2)Oc2ccc(C3=NCNc4ccc(C(=O)N[C@H](c5ccccn5)C5CCCC5)cc43)cc21. The second kappa shape index (κ2) is 11.0. The molecule has 216 valence electrons. The van der Waals surface area contributed by atoms with E-state index in [4.69, 9.17) is 9.73 Å². The molecule has 0 radical (unpaired) electrons. The molecule has 2 fully saturated rings. The summed E-state index contributed by atoms with van der Waals surface area (Å²) in [4.78, 5) is 25.5. The summed E-state index contributed by atoms with van der Waals surface area (Å²) in [6.07, 6.45) is 10.8. The molecule has 3 aromatic rings. The van der Waals surface area contributed by atoms with Crippen LogP contribution in [-0.4, -0.2) is 53.9 Å². The molecule has 7 heteroatoms. The Morgan fingerprint density at radius 2 is 1.90 bits per heavy atom. The van der Waals surface area contributed by atoms with E-state index in [0.717, 1.165) is 78.3 Å². The van der Waals surface area contributed by atoms with Crippen molar-refractivity contribution in [2.24, 2.45) is 10.9 Å². The number of hydrogen-bond acceptors (Lipinski definition) is 6. The average molecular weight is 562 g/mol. The third kappa shape index (κ3) is 5.11. The van der Waals surface area contributed by atoms with Crippen molar-refractivity contribution in [3.05, 3.63) is 94.8 Å². The van der Waals surface area contributed by atoms with E-state index in [0.29, 0.717) is 18.2 Å². The molecule has 1 atom stereocenters. The zero-order valence-corrected chi connectivity index (χ0v) is 24.5. The number of carbonyl (C=O) groups is 1. The summed E-state index contributed by atoms with van der Waals surface area (Å²) in [5, 5.41) is 6.73. The average Bonchev–Trinajstić information content (AvgIpc) is 3.56. The number of pyridine rings is 1. The first kappa shape index (κ1) is 26.9. The highest BCUT2D eigenvalue weighted by molar-refractivity contribution is 6.18. The zero-order valence-electron chi connectivity index (χ0n) is 24.5. The van der Waals surface area contributed by atoms with Gasteiger partial charge in [-0.05, 0) is 92.9 Å². The molecule has 2 aromatic carbocycles. The molecule has 0 bridgehead atoms. The van der Waals surface area contributed by atoms with Crippen molar-refractivity contribution in [2.45, 2.75) is 57.1 Å². The Kier molecular flexibility index (Phi) is 7.06. The smallest absolute Gasteiger partial charge is 0.251 e. The molecule has 0 unspecified atom stereocenters. The normalized spacial score (nSPS) is 20.4. The fourth-order valence-corrected chi connectivity index (χ4v) is 7.12. The van der Waals surface area contributed by atoms with E-state index in [-0.39, 0.29) is 17.6 Å². The van der Waals surface area contributed by atoms with Gasteiger partial charge in [0, 0.05) is 60.1 Å². The number of rotatable bonds is 5. The van der Waals surface area contributed by atoms with Crippen LogP contribution in [0.3, 0.4) is 0 Å². The molecule has 1 aromatic heterocycles.